The molecule has 1 aliphatic heterocycles. The van der Waals surface area contributed by atoms with Crippen LogP contribution >= 0.6 is 0 Å². The van der Waals surface area contributed by atoms with Gasteiger partial charge in [0.05, 0.1) is 0 Å². The molecule has 0 aromatic carbocycles. The highest BCUT2D eigenvalue weighted by Crippen LogP contribution is 2.27. The minimum absolute atomic E-state index is 0.308. The summed E-state index contributed by atoms with van der Waals surface area (Å²) in [6, 6.07) is 0. The van der Waals surface area contributed by atoms with Crippen molar-refractivity contribution in [3.8, 4) is 0 Å². The summed E-state index contributed by atoms with van der Waals surface area (Å²) >= 11 is 0. The minimum atomic E-state index is -0.616. The number of nitrogens with one attached hydrogen (secondary N) is 2. The lowest BCUT2D eigenvalue weighted by atomic mass is 10.0. The molecular weight excluding hydrogens is 194 g/mol. The first-order valence-electron chi connectivity index (χ1n) is 5.42. The molecule has 1 saturated heterocycles. The van der Waals surface area contributed by atoms with Crippen molar-refractivity contribution in [2.24, 2.45) is 10.9 Å². The molecule has 5 heteroatoms. The maximum Gasteiger partial charge on any atom is 0.316 e. The zero-order valence-electron chi connectivity index (χ0n) is 8.58. The molecule has 0 radical (unpaired) electrons. The van der Waals surface area contributed by atoms with Gasteiger partial charge in [0.15, 0.2) is 0 Å². The van der Waals surface area contributed by atoms with Gasteiger partial charge in [-0.1, -0.05) is 25.7 Å². The Morgan fingerprint density at radius 3 is 2.33 bits per heavy atom. The third kappa shape index (κ3) is 2.55. The van der Waals surface area contributed by atoms with Crippen molar-refractivity contribution in [3.05, 3.63) is 0 Å². The van der Waals surface area contributed by atoms with Crippen molar-refractivity contribution in [2.45, 2.75) is 32.1 Å². The molecule has 0 aromatic rings. The first-order chi connectivity index (χ1) is 7.25. The van der Waals surface area contributed by atoms with Gasteiger partial charge in [-0.3, -0.25) is 25.2 Å². The van der Waals surface area contributed by atoms with Crippen molar-refractivity contribution < 1.29 is 9.59 Å². The fourth-order valence-corrected chi connectivity index (χ4v) is 2.10. The van der Waals surface area contributed by atoms with Crippen LogP contribution in [0.4, 0.5) is 0 Å². The summed E-state index contributed by atoms with van der Waals surface area (Å²) in [4.78, 5) is 25.7. The van der Waals surface area contributed by atoms with Gasteiger partial charge < -0.3 is 0 Å². The number of guanidine groups is 1. The van der Waals surface area contributed by atoms with E-state index in [9.17, 15) is 9.59 Å². The molecule has 1 heterocycles. The van der Waals surface area contributed by atoms with E-state index in [0.29, 0.717) is 12.5 Å². The second-order valence-corrected chi connectivity index (χ2v) is 4.08. The zero-order valence-corrected chi connectivity index (χ0v) is 8.58. The molecule has 2 rings (SSSR count). The van der Waals surface area contributed by atoms with Crippen LogP contribution in [0.25, 0.3) is 0 Å². The predicted octanol–water partition coefficient (Wildman–Crippen LogP) is 0.169. The van der Waals surface area contributed by atoms with E-state index < -0.39 is 11.8 Å². The molecule has 0 atom stereocenters. The molecule has 15 heavy (non-hydrogen) atoms. The summed E-state index contributed by atoms with van der Waals surface area (Å²) in [7, 11) is 0. The molecule has 1 saturated carbocycles. The Bertz CT molecular complexity index is 288. The van der Waals surface area contributed by atoms with Crippen LogP contribution < -0.4 is 10.6 Å². The first-order valence-corrected chi connectivity index (χ1v) is 5.42. The van der Waals surface area contributed by atoms with Crippen LogP contribution in [0, 0.1) is 5.92 Å². The summed E-state index contributed by atoms with van der Waals surface area (Å²) in [5, 5.41) is 4.76. The third-order valence-electron chi connectivity index (χ3n) is 2.95. The summed E-state index contributed by atoms with van der Waals surface area (Å²) < 4.78 is 0. The fraction of sp³-hybridized carbons (Fsp3) is 0.700. The molecule has 2 N–H and O–H groups in total. The van der Waals surface area contributed by atoms with Crippen molar-refractivity contribution in [1.29, 1.82) is 0 Å². The molecular formula is C10H15N3O2. The van der Waals surface area contributed by atoms with Crippen molar-refractivity contribution in [2.75, 3.05) is 6.54 Å². The molecule has 2 amide bonds. The fourth-order valence-electron chi connectivity index (χ4n) is 2.10. The second-order valence-electron chi connectivity index (χ2n) is 4.08. The maximum atomic E-state index is 10.8. The Kier molecular flexibility index (Phi) is 2.99. The smallest absolute Gasteiger partial charge is 0.288 e. The van der Waals surface area contributed by atoms with Gasteiger partial charge in [0.25, 0.3) is 0 Å². The third-order valence-corrected chi connectivity index (χ3v) is 2.95. The standard InChI is InChI=1S/C10H15N3O2/c14-8-9(15)13-10(12-8)11-6-5-7-3-1-2-4-7/h7H,1-6H2,(H2,11,12,13,14,15). The van der Waals surface area contributed by atoms with Gasteiger partial charge in [0, 0.05) is 6.54 Å². The topological polar surface area (TPSA) is 70.6 Å². The van der Waals surface area contributed by atoms with Gasteiger partial charge in [0.2, 0.25) is 5.96 Å². The van der Waals surface area contributed by atoms with E-state index in [-0.39, 0.29) is 0 Å². The first kappa shape index (κ1) is 10.1. The number of carbonyl (C=O) groups excluding carboxylic acids is 2. The Labute approximate surface area is 88.3 Å². The Morgan fingerprint density at radius 2 is 1.73 bits per heavy atom. The molecule has 2 aliphatic rings. The Hall–Kier alpha value is -1.39. The average molecular weight is 209 g/mol. The number of aliphatic imine (C=N–C) groups is 1. The van der Waals surface area contributed by atoms with E-state index in [4.69, 9.17) is 0 Å². The summed E-state index contributed by atoms with van der Waals surface area (Å²) in [5.74, 6) is -0.144. The zero-order chi connectivity index (χ0) is 10.7. The van der Waals surface area contributed by atoms with Crippen LogP contribution in [0.1, 0.15) is 32.1 Å². The maximum absolute atomic E-state index is 10.8. The SMILES string of the molecule is O=C1NC(=NCCC2CCCC2)NC1=O. The predicted molar refractivity (Wildman–Crippen MR) is 55.2 cm³/mol. The molecule has 0 bridgehead atoms. The van der Waals surface area contributed by atoms with Crippen molar-refractivity contribution >= 4 is 17.8 Å². The summed E-state index contributed by atoms with van der Waals surface area (Å²) in [5.41, 5.74) is 0. The van der Waals surface area contributed by atoms with Crippen LogP contribution in [-0.4, -0.2) is 24.3 Å². The molecule has 0 aromatic heterocycles. The van der Waals surface area contributed by atoms with Gasteiger partial charge in [-0.05, 0) is 12.3 Å². The lowest BCUT2D eigenvalue weighted by molar-refractivity contribution is -0.135. The minimum Gasteiger partial charge on any atom is -0.288 e. The molecule has 82 valence electrons. The van der Waals surface area contributed by atoms with Gasteiger partial charge in [-0.2, -0.15) is 0 Å². The molecule has 1 aliphatic carbocycles. The van der Waals surface area contributed by atoms with Crippen LogP contribution in [0.15, 0.2) is 4.99 Å². The van der Waals surface area contributed by atoms with Crippen LogP contribution in [-0.2, 0) is 9.59 Å². The average Bonchev–Trinajstić information content (AvgIpc) is 2.79. The lowest BCUT2D eigenvalue weighted by Crippen LogP contribution is -2.26. The number of amides is 2. The quantitative estimate of drug-likeness (QED) is 0.650. The monoisotopic (exact) mass is 209 g/mol. The second kappa shape index (κ2) is 4.42. The molecule has 5 nitrogen and oxygen atoms in total. The van der Waals surface area contributed by atoms with Gasteiger partial charge in [-0.25, -0.2) is 0 Å². The van der Waals surface area contributed by atoms with E-state index in [1.54, 1.807) is 0 Å². The van der Waals surface area contributed by atoms with Gasteiger partial charge in [-0.15, -0.1) is 0 Å². The lowest BCUT2D eigenvalue weighted by Gasteiger charge is -2.05. The Balaban J connectivity index is 1.74. The molecule has 0 unspecified atom stereocenters. The van der Waals surface area contributed by atoms with E-state index in [1.165, 1.54) is 25.7 Å². The van der Waals surface area contributed by atoms with Crippen LogP contribution in [0.2, 0.25) is 0 Å². The normalized spacial score (nSPS) is 21.7. The molecule has 0 spiro atoms. The van der Waals surface area contributed by atoms with Crippen molar-refractivity contribution in [1.82, 2.24) is 10.6 Å². The largest absolute Gasteiger partial charge is 0.316 e. The van der Waals surface area contributed by atoms with Gasteiger partial charge >= 0.3 is 11.8 Å². The Morgan fingerprint density at radius 1 is 1.13 bits per heavy atom. The number of hydrogen-bond acceptors (Lipinski definition) is 3. The van der Waals surface area contributed by atoms with E-state index in [0.717, 1.165) is 12.3 Å². The summed E-state index contributed by atoms with van der Waals surface area (Å²) in [6.07, 6.45) is 6.30. The summed E-state index contributed by atoms with van der Waals surface area (Å²) in [6.45, 7) is 0.681. The van der Waals surface area contributed by atoms with E-state index in [2.05, 4.69) is 15.6 Å². The van der Waals surface area contributed by atoms with Crippen molar-refractivity contribution in [3.63, 3.8) is 0 Å². The number of nitrogens with zero attached hydrogens (tertiary/aromatic N) is 1. The highest BCUT2D eigenvalue weighted by atomic mass is 16.2. The number of hydrogen-bond donors (Lipinski definition) is 2. The highest BCUT2D eigenvalue weighted by Gasteiger charge is 2.24. The van der Waals surface area contributed by atoms with Crippen LogP contribution in [0.5, 0.6) is 0 Å². The highest BCUT2D eigenvalue weighted by molar-refractivity contribution is 6.45. The molecule has 2 fully saturated rings. The van der Waals surface area contributed by atoms with Gasteiger partial charge in [0.1, 0.15) is 0 Å². The van der Waals surface area contributed by atoms with Crippen LogP contribution in [0.3, 0.4) is 0 Å². The number of rotatable bonds is 3. The number of carbonyl (C=O) groups is 2. The van der Waals surface area contributed by atoms with E-state index >= 15 is 0 Å². The van der Waals surface area contributed by atoms with E-state index in [1.807, 2.05) is 0 Å².